The number of nitrogens with two attached hydrogens (primary N) is 1. The molecule has 154 valence electrons. The molecule has 0 aliphatic carbocycles. The zero-order chi connectivity index (χ0) is 21.8. The van der Waals surface area contributed by atoms with Crippen molar-refractivity contribution in [3.8, 4) is 22.3 Å². The smallest absolute Gasteiger partial charge is 0.0462 e. The standard InChI is InChI=1S/C30H24N2/c31-30-18-10-9-17-29(30)28-16-8-7-15-27(28)23-19-21-26(22-20-23)32(24-11-3-1-4-12-24)25-13-5-2-6-14-25/h1-22H,31H2. The lowest BCUT2D eigenvalue weighted by Gasteiger charge is -2.25. The van der Waals surface area contributed by atoms with Gasteiger partial charge in [-0.15, -0.1) is 0 Å². The predicted molar refractivity (Wildman–Crippen MR) is 136 cm³/mol. The maximum Gasteiger partial charge on any atom is 0.0462 e. The molecule has 0 saturated heterocycles. The fraction of sp³-hybridized carbons (Fsp3) is 0. The van der Waals surface area contributed by atoms with Crippen LogP contribution in [0.1, 0.15) is 0 Å². The molecule has 0 aliphatic rings. The van der Waals surface area contributed by atoms with Crippen LogP contribution in [0.5, 0.6) is 0 Å². The number of hydrogen-bond donors (Lipinski definition) is 1. The highest BCUT2D eigenvalue weighted by Gasteiger charge is 2.13. The zero-order valence-electron chi connectivity index (χ0n) is 17.7. The van der Waals surface area contributed by atoms with Crippen molar-refractivity contribution in [1.82, 2.24) is 0 Å². The first-order valence-electron chi connectivity index (χ1n) is 10.8. The van der Waals surface area contributed by atoms with E-state index < -0.39 is 0 Å². The number of hydrogen-bond acceptors (Lipinski definition) is 2. The summed E-state index contributed by atoms with van der Waals surface area (Å²) in [5.74, 6) is 0. The van der Waals surface area contributed by atoms with E-state index in [1.807, 2.05) is 30.3 Å². The molecule has 5 aromatic carbocycles. The number of nitrogens with zero attached hydrogens (tertiary/aromatic N) is 1. The molecule has 0 fully saturated rings. The molecule has 0 amide bonds. The first kappa shape index (κ1) is 19.7. The van der Waals surface area contributed by atoms with Crippen LogP contribution in [0, 0.1) is 0 Å². The van der Waals surface area contributed by atoms with Gasteiger partial charge in [0.1, 0.15) is 0 Å². The van der Waals surface area contributed by atoms with Gasteiger partial charge in [-0.05, 0) is 59.2 Å². The Kier molecular flexibility index (Phi) is 5.42. The van der Waals surface area contributed by atoms with Gasteiger partial charge in [0.05, 0.1) is 0 Å². The first-order valence-corrected chi connectivity index (χ1v) is 10.8. The third-order valence-corrected chi connectivity index (χ3v) is 5.64. The summed E-state index contributed by atoms with van der Waals surface area (Å²) in [7, 11) is 0. The van der Waals surface area contributed by atoms with Crippen molar-refractivity contribution in [2.45, 2.75) is 0 Å². The van der Waals surface area contributed by atoms with Crippen LogP contribution in [0.2, 0.25) is 0 Å². The summed E-state index contributed by atoms with van der Waals surface area (Å²) < 4.78 is 0. The van der Waals surface area contributed by atoms with Gasteiger partial charge in [-0.2, -0.15) is 0 Å². The molecule has 32 heavy (non-hydrogen) atoms. The third-order valence-electron chi connectivity index (χ3n) is 5.64. The second-order valence-corrected chi connectivity index (χ2v) is 7.69. The first-order chi connectivity index (χ1) is 15.8. The molecule has 0 saturated carbocycles. The molecule has 0 radical (unpaired) electrons. The highest BCUT2D eigenvalue weighted by Crippen LogP contribution is 2.38. The van der Waals surface area contributed by atoms with E-state index in [0.29, 0.717) is 0 Å². The van der Waals surface area contributed by atoms with Crippen LogP contribution in [0.25, 0.3) is 22.3 Å². The Hall–Kier alpha value is -4.30. The topological polar surface area (TPSA) is 29.3 Å². The van der Waals surface area contributed by atoms with Gasteiger partial charge in [0.25, 0.3) is 0 Å². The van der Waals surface area contributed by atoms with E-state index in [9.17, 15) is 0 Å². The van der Waals surface area contributed by atoms with Gasteiger partial charge in [-0.25, -0.2) is 0 Å². The van der Waals surface area contributed by atoms with Gasteiger partial charge >= 0.3 is 0 Å². The van der Waals surface area contributed by atoms with Crippen LogP contribution < -0.4 is 10.6 Å². The quantitative estimate of drug-likeness (QED) is 0.296. The number of nitrogen functional groups attached to an aromatic ring is 1. The average molecular weight is 413 g/mol. The molecule has 2 nitrogen and oxygen atoms in total. The molecular weight excluding hydrogens is 388 g/mol. The Morgan fingerprint density at radius 1 is 0.375 bits per heavy atom. The lowest BCUT2D eigenvalue weighted by molar-refractivity contribution is 1.28. The van der Waals surface area contributed by atoms with Crippen molar-refractivity contribution >= 4 is 22.7 Å². The minimum atomic E-state index is 0.788. The van der Waals surface area contributed by atoms with Gasteiger partial charge in [0, 0.05) is 28.3 Å². The Bertz CT molecular complexity index is 1270. The van der Waals surface area contributed by atoms with E-state index in [4.69, 9.17) is 5.73 Å². The Morgan fingerprint density at radius 2 is 0.812 bits per heavy atom. The van der Waals surface area contributed by atoms with E-state index >= 15 is 0 Å². The van der Waals surface area contributed by atoms with Gasteiger partial charge < -0.3 is 10.6 Å². The molecule has 0 unspecified atom stereocenters. The minimum Gasteiger partial charge on any atom is -0.398 e. The van der Waals surface area contributed by atoms with E-state index in [-0.39, 0.29) is 0 Å². The highest BCUT2D eigenvalue weighted by atomic mass is 15.1. The van der Waals surface area contributed by atoms with Crippen molar-refractivity contribution in [2.24, 2.45) is 0 Å². The highest BCUT2D eigenvalue weighted by molar-refractivity contribution is 5.89. The number of anilines is 4. The van der Waals surface area contributed by atoms with Crippen molar-refractivity contribution in [1.29, 1.82) is 0 Å². The van der Waals surface area contributed by atoms with E-state index in [0.717, 1.165) is 39.4 Å². The average Bonchev–Trinajstić information content (AvgIpc) is 2.86. The van der Waals surface area contributed by atoms with Crippen molar-refractivity contribution in [2.75, 3.05) is 10.6 Å². The molecule has 2 heteroatoms. The van der Waals surface area contributed by atoms with E-state index in [2.05, 4.69) is 108 Å². The Labute approximate surface area is 189 Å². The molecule has 5 aromatic rings. The molecule has 0 aromatic heterocycles. The molecule has 5 rings (SSSR count). The normalized spacial score (nSPS) is 10.6. The molecular formula is C30H24N2. The molecule has 2 N–H and O–H groups in total. The number of rotatable bonds is 5. The fourth-order valence-corrected chi connectivity index (χ4v) is 4.10. The van der Waals surface area contributed by atoms with Crippen LogP contribution in [-0.4, -0.2) is 0 Å². The van der Waals surface area contributed by atoms with Crippen molar-refractivity contribution in [3.63, 3.8) is 0 Å². The second-order valence-electron chi connectivity index (χ2n) is 7.69. The van der Waals surface area contributed by atoms with E-state index in [1.165, 1.54) is 5.56 Å². The minimum absolute atomic E-state index is 0.788. The Morgan fingerprint density at radius 3 is 1.38 bits per heavy atom. The molecule has 0 bridgehead atoms. The lowest BCUT2D eigenvalue weighted by Crippen LogP contribution is -2.09. The van der Waals surface area contributed by atoms with Gasteiger partial charge in [0.2, 0.25) is 0 Å². The summed E-state index contributed by atoms with van der Waals surface area (Å²) in [4.78, 5) is 2.27. The molecule has 0 aliphatic heterocycles. The summed E-state index contributed by atoms with van der Waals surface area (Å²) in [5.41, 5.74) is 15.0. The molecule has 0 spiro atoms. The Balaban J connectivity index is 1.57. The maximum absolute atomic E-state index is 6.29. The predicted octanol–water partition coefficient (Wildman–Crippen LogP) is 8.07. The summed E-state index contributed by atoms with van der Waals surface area (Å²) >= 11 is 0. The van der Waals surface area contributed by atoms with Crippen LogP contribution >= 0.6 is 0 Å². The number of benzene rings is 5. The second kappa shape index (κ2) is 8.83. The summed E-state index contributed by atoms with van der Waals surface area (Å²) in [6.45, 7) is 0. The van der Waals surface area contributed by atoms with Crippen molar-refractivity contribution < 1.29 is 0 Å². The van der Waals surface area contributed by atoms with Crippen LogP contribution in [0.15, 0.2) is 133 Å². The van der Waals surface area contributed by atoms with Gasteiger partial charge in [-0.3, -0.25) is 0 Å². The fourth-order valence-electron chi connectivity index (χ4n) is 4.10. The van der Waals surface area contributed by atoms with Crippen molar-refractivity contribution in [3.05, 3.63) is 133 Å². The number of para-hydroxylation sites is 3. The monoisotopic (exact) mass is 412 g/mol. The lowest BCUT2D eigenvalue weighted by atomic mass is 9.93. The largest absolute Gasteiger partial charge is 0.398 e. The summed E-state index contributed by atoms with van der Waals surface area (Å²) in [6.07, 6.45) is 0. The van der Waals surface area contributed by atoms with E-state index in [1.54, 1.807) is 0 Å². The summed E-state index contributed by atoms with van der Waals surface area (Å²) in [6, 6.07) is 46.1. The van der Waals surface area contributed by atoms with Crippen LogP contribution in [-0.2, 0) is 0 Å². The van der Waals surface area contributed by atoms with Crippen LogP contribution in [0.3, 0.4) is 0 Å². The van der Waals surface area contributed by atoms with Gasteiger partial charge in [-0.1, -0.05) is 91.0 Å². The zero-order valence-corrected chi connectivity index (χ0v) is 17.7. The molecule has 0 heterocycles. The van der Waals surface area contributed by atoms with Crippen LogP contribution in [0.4, 0.5) is 22.7 Å². The summed E-state index contributed by atoms with van der Waals surface area (Å²) in [5, 5.41) is 0. The SMILES string of the molecule is Nc1ccccc1-c1ccccc1-c1ccc(N(c2ccccc2)c2ccccc2)cc1. The maximum atomic E-state index is 6.29. The third kappa shape index (κ3) is 3.86. The van der Waals surface area contributed by atoms with Gasteiger partial charge in [0.15, 0.2) is 0 Å². The molecule has 0 atom stereocenters.